The van der Waals surface area contributed by atoms with Crippen molar-refractivity contribution in [3.63, 3.8) is 0 Å². The van der Waals surface area contributed by atoms with Crippen LogP contribution in [0.15, 0.2) is 29.8 Å². The van der Waals surface area contributed by atoms with Crippen LogP contribution in [0.2, 0.25) is 0 Å². The van der Waals surface area contributed by atoms with Gasteiger partial charge >= 0.3 is 5.97 Å². The van der Waals surface area contributed by atoms with Crippen molar-refractivity contribution in [3.05, 3.63) is 41.1 Å². The van der Waals surface area contributed by atoms with Crippen LogP contribution in [0, 0.1) is 0 Å². The molecule has 0 bridgehead atoms. The molecule has 94 valence electrons. The molecule has 1 aromatic carbocycles. The van der Waals surface area contributed by atoms with E-state index in [1.807, 2.05) is 51.1 Å². The van der Waals surface area contributed by atoms with E-state index in [0.717, 1.165) is 22.2 Å². The summed E-state index contributed by atoms with van der Waals surface area (Å²) in [7, 11) is 0. The molecule has 0 spiro atoms. The summed E-state index contributed by atoms with van der Waals surface area (Å²) in [6, 6.07) is 7.76. The summed E-state index contributed by atoms with van der Waals surface area (Å²) < 4.78 is 5.13. The van der Waals surface area contributed by atoms with E-state index in [4.69, 9.17) is 4.74 Å². The maximum absolute atomic E-state index is 12.1. The molecule has 0 radical (unpaired) electrons. The second kappa shape index (κ2) is 5.08. The van der Waals surface area contributed by atoms with Gasteiger partial charge in [-0.1, -0.05) is 23.8 Å². The minimum absolute atomic E-state index is 0.276. The minimum atomic E-state index is -0.276. The number of fused-ring (bicyclic) bond motifs is 1. The number of benzene rings is 1. The number of para-hydroxylation sites is 1. The van der Waals surface area contributed by atoms with E-state index in [2.05, 4.69) is 4.98 Å². The second-order valence-electron chi connectivity index (χ2n) is 4.40. The zero-order valence-electron chi connectivity index (χ0n) is 10.9. The average molecular weight is 243 g/mol. The van der Waals surface area contributed by atoms with Crippen LogP contribution >= 0.6 is 0 Å². The normalized spacial score (nSPS) is 10.4. The molecule has 0 aliphatic heterocycles. The van der Waals surface area contributed by atoms with E-state index in [1.165, 1.54) is 0 Å². The molecule has 0 atom stereocenters. The Bertz CT molecular complexity index is 604. The third-order valence-electron chi connectivity index (χ3n) is 2.65. The molecule has 1 aromatic heterocycles. The third-order valence-corrected chi connectivity index (χ3v) is 2.65. The van der Waals surface area contributed by atoms with Crippen molar-refractivity contribution in [1.82, 2.24) is 4.98 Å². The largest absolute Gasteiger partial charge is 0.462 e. The lowest BCUT2D eigenvalue weighted by molar-refractivity contribution is 0.0528. The number of aromatic amines is 1. The Morgan fingerprint density at radius 1 is 1.33 bits per heavy atom. The second-order valence-corrected chi connectivity index (χ2v) is 4.40. The van der Waals surface area contributed by atoms with E-state index in [0.29, 0.717) is 12.2 Å². The van der Waals surface area contributed by atoms with Gasteiger partial charge in [0.25, 0.3) is 0 Å². The maximum atomic E-state index is 12.1. The number of H-pyrrole nitrogens is 1. The Morgan fingerprint density at radius 2 is 2.06 bits per heavy atom. The number of carbonyl (C=O) groups is 1. The zero-order valence-corrected chi connectivity index (χ0v) is 10.9. The van der Waals surface area contributed by atoms with Gasteiger partial charge in [-0.05, 0) is 32.9 Å². The number of allylic oxidation sites excluding steroid dienone is 1. The van der Waals surface area contributed by atoms with Gasteiger partial charge in [0, 0.05) is 10.9 Å². The molecular weight excluding hydrogens is 226 g/mol. The molecule has 0 amide bonds. The lowest BCUT2D eigenvalue weighted by Crippen LogP contribution is -2.05. The fourth-order valence-electron chi connectivity index (χ4n) is 1.98. The maximum Gasteiger partial charge on any atom is 0.340 e. The Hall–Kier alpha value is -2.03. The molecule has 2 aromatic rings. The highest BCUT2D eigenvalue weighted by Crippen LogP contribution is 2.25. The van der Waals surface area contributed by atoms with E-state index in [1.54, 1.807) is 0 Å². The van der Waals surface area contributed by atoms with E-state index < -0.39 is 0 Å². The number of ether oxygens (including phenoxy) is 1. The number of carbonyl (C=O) groups excluding carboxylic acids is 1. The quantitative estimate of drug-likeness (QED) is 0.834. The standard InChI is InChI=1S/C15H17NO2/c1-4-18-15(17)14-11-7-5-6-8-12(11)16-13(14)9-10(2)3/h5-9,16H,4H2,1-3H3. The first kappa shape index (κ1) is 12.4. The number of aromatic nitrogens is 1. The van der Waals surface area contributed by atoms with E-state index in [-0.39, 0.29) is 5.97 Å². The molecule has 0 fully saturated rings. The van der Waals surface area contributed by atoms with Crippen LogP contribution in [0.1, 0.15) is 36.8 Å². The molecule has 2 rings (SSSR count). The SMILES string of the molecule is CCOC(=O)c1c(C=C(C)C)[nH]c2ccccc12. The highest BCUT2D eigenvalue weighted by Gasteiger charge is 2.17. The summed E-state index contributed by atoms with van der Waals surface area (Å²) >= 11 is 0. The van der Waals surface area contributed by atoms with Crippen molar-refractivity contribution in [1.29, 1.82) is 0 Å². The van der Waals surface area contributed by atoms with Gasteiger partial charge in [0.1, 0.15) is 0 Å². The molecule has 0 unspecified atom stereocenters. The Labute approximate surface area is 106 Å². The molecule has 3 heteroatoms. The number of hydrogen-bond donors (Lipinski definition) is 1. The van der Waals surface area contributed by atoms with Gasteiger partial charge in [-0.25, -0.2) is 4.79 Å². The first-order valence-electron chi connectivity index (χ1n) is 6.06. The van der Waals surface area contributed by atoms with Crippen molar-refractivity contribution in [3.8, 4) is 0 Å². The molecular formula is C15H17NO2. The van der Waals surface area contributed by atoms with Crippen molar-refractivity contribution in [2.24, 2.45) is 0 Å². The highest BCUT2D eigenvalue weighted by molar-refractivity contribution is 6.07. The predicted molar refractivity (Wildman–Crippen MR) is 73.6 cm³/mol. The molecule has 18 heavy (non-hydrogen) atoms. The lowest BCUT2D eigenvalue weighted by Gasteiger charge is -2.02. The Kier molecular flexibility index (Phi) is 3.51. The molecule has 0 saturated carbocycles. The van der Waals surface area contributed by atoms with Gasteiger partial charge in [-0.15, -0.1) is 0 Å². The fourth-order valence-corrected chi connectivity index (χ4v) is 1.98. The molecule has 1 heterocycles. The molecule has 0 aliphatic carbocycles. The lowest BCUT2D eigenvalue weighted by atomic mass is 10.1. The zero-order chi connectivity index (χ0) is 13.1. The topological polar surface area (TPSA) is 42.1 Å². The van der Waals surface area contributed by atoms with Gasteiger partial charge in [-0.3, -0.25) is 0 Å². The van der Waals surface area contributed by atoms with Crippen LogP contribution < -0.4 is 0 Å². The first-order valence-corrected chi connectivity index (χ1v) is 6.06. The van der Waals surface area contributed by atoms with Crippen LogP contribution in [-0.2, 0) is 4.74 Å². The van der Waals surface area contributed by atoms with Crippen molar-refractivity contribution >= 4 is 22.9 Å². The molecule has 0 aliphatic rings. The summed E-state index contributed by atoms with van der Waals surface area (Å²) in [4.78, 5) is 15.3. The molecule has 3 nitrogen and oxygen atoms in total. The van der Waals surface area contributed by atoms with Crippen LogP contribution in [0.5, 0.6) is 0 Å². The first-order chi connectivity index (χ1) is 8.63. The smallest absolute Gasteiger partial charge is 0.340 e. The third kappa shape index (κ3) is 2.30. The monoisotopic (exact) mass is 243 g/mol. The molecule has 1 N–H and O–H groups in total. The minimum Gasteiger partial charge on any atom is -0.462 e. The average Bonchev–Trinajstić information content (AvgIpc) is 2.66. The van der Waals surface area contributed by atoms with Crippen LogP contribution in [-0.4, -0.2) is 17.6 Å². The van der Waals surface area contributed by atoms with Crippen LogP contribution in [0.4, 0.5) is 0 Å². The molecule has 0 saturated heterocycles. The van der Waals surface area contributed by atoms with Gasteiger partial charge in [-0.2, -0.15) is 0 Å². The van der Waals surface area contributed by atoms with Gasteiger partial charge in [0.2, 0.25) is 0 Å². The highest BCUT2D eigenvalue weighted by atomic mass is 16.5. The van der Waals surface area contributed by atoms with E-state index >= 15 is 0 Å². The number of nitrogens with one attached hydrogen (secondary N) is 1. The summed E-state index contributed by atoms with van der Waals surface area (Å²) in [6.45, 7) is 6.20. The van der Waals surface area contributed by atoms with Crippen LogP contribution in [0.25, 0.3) is 17.0 Å². The van der Waals surface area contributed by atoms with E-state index in [9.17, 15) is 4.79 Å². The Morgan fingerprint density at radius 3 is 2.72 bits per heavy atom. The van der Waals surface area contributed by atoms with Crippen molar-refractivity contribution in [2.45, 2.75) is 20.8 Å². The number of rotatable bonds is 3. The number of esters is 1. The summed E-state index contributed by atoms with van der Waals surface area (Å²) in [5.74, 6) is -0.276. The number of hydrogen-bond acceptors (Lipinski definition) is 2. The van der Waals surface area contributed by atoms with Crippen LogP contribution in [0.3, 0.4) is 0 Å². The summed E-state index contributed by atoms with van der Waals surface area (Å²) in [6.07, 6.45) is 1.96. The predicted octanol–water partition coefficient (Wildman–Crippen LogP) is 3.77. The summed E-state index contributed by atoms with van der Waals surface area (Å²) in [5, 5.41) is 0.906. The summed E-state index contributed by atoms with van der Waals surface area (Å²) in [5.41, 5.74) is 3.52. The fraction of sp³-hybridized carbons (Fsp3) is 0.267. The van der Waals surface area contributed by atoms with Gasteiger partial charge in [0.15, 0.2) is 0 Å². The van der Waals surface area contributed by atoms with Crippen molar-refractivity contribution < 1.29 is 9.53 Å². The Balaban J connectivity index is 2.65. The van der Waals surface area contributed by atoms with Gasteiger partial charge in [0.05, 0.1) is 17.9 Å². The van der Waals surface area contributed by atoms with Crippen molar-refractivity contribution in [2.75, 3.05) is 6.61 Å². The van der Waals surface area contributed by atoms with Gasteiger partial charge < -0.3 is 9.72 Å².